The van der Waals surface area contributed by atoms with Gasteiger partial charge >= 0.3 is 12.2 Å². The molecule has 3 rings (SSSR count). The van der Waals surface area contributed by atoms with E-state index in [4.69, 9.17) is 10.5 Å². The number of nitrogens with two attached hydrogens (primary N) is 1. The van der Waals surface area contributed by atoms with Gasteiger partial charge in [0, 0.05) is 12.2 Å². The van der Waals surface area contributed by atoms with Gasteiger partial charge in [0.2, 0.25) is 0 Å². The highest BCUT2D eigenvalue weighted by Gasteiger charge is 2.36. The number of anilines is 1. The molecule has 1 saturated heterocycles. The highest BCUT2D eigenvalue weighted by Crippen LogP contribution is 2.32. The van der Waals surface area contributed by atoms with E-state index >= 15 is 0 Å². The molecule has 1 aliphatic rings. The fourth-order valence-corrected chi connectivity index (χ4v) is 2.96. The van der Waals surface area contributed by atoms with E-state index in [1.54, 1.807) is 24.3 Å². The number of alkyl halides is 3. The molecule has 1 fully saturated rings. The van der Waals surface area contributed by atoms with Gasteiger partial charge < -0.3 is 25.8 Å². The van der Waals surface area contributed by atoms with Crippen LogP contribution in [0.2, 0.25) is 0 Å². The number of aliphatic hydroxyl groups excluding tert-OH is 1. The number of β-amino-alcohol motifs (C(OH)–C–C–N with tert-alkyl or cyclic N) is 1. The summed E-state index contributed by atoms with van der Waals surface area (Å²) in [6, 6.07) is 11.4. The Balaban J connectivity index is 1.68. The molecule has 28 heavy (non-hydrogen) atoms. The second-order valence-corrected chi connectivity index (χ2v) is 6.49. The molecule has 0 unspecified atom stereocenters. The summed E-state index contributed by atoms with van der Waals surface area (Å²) in [5.74, 6) is 0.555. The van der Waals surface area contributed by atoms with Crippen molar-refractivity contribution in [1.82, 2.24) is 4.90 Å². The maximum Gasteiger partial charge on any atom is 0.416 e. The van der Waals surface area contributed by atoms with Gasteiger partial charge in [-0.3, -0.25) is 0 Å². The van der Waals surface area contributed by atoms with E-state index in [0.29, 0.717) is 5.75 Å². The first-order chi connectivity index (χ1) is 13.3. The van der Waals surface area contributed by atoms with Gasteiger partial charge in [-0.1, -0.05) is 18.2 Å². The highest BCUT2D eigenvalue weighted by atomic mass is 19.4. The monoisotopic (exact) mass is 395 g/mol. The summed E-state index contributed by atoms with van der Waals surface area (Å²) in [6.07, 6.45) is -6.09. The summed E-state index contributed by atoms with van der Waals surface area (Å²) in [7, 11) is 0. The van der Waals surface area contributed by atoms with Crippen molar-refractivity contribution in [3.05, 3.63) is 59.7 Å². The van der Waals surface area contributed by atoms with Gasteiger partial charge in [-0.15, -0.1) is 0 Å². The Labute approximate surface area is 159 Å². The molecule has 4 N–H and O–H groups in total. The Morgan fingerprint density at radius 2 is 1.93 bits per heavy atom. The lowest BCUT2D eigenvalue weighted by Gasteiger charge is -2.19. The van der Waals surface area contributed by atoms with Gasteiger partial charge in [0.15, 0.2) is 0 Å². The predicted molar refractivity (Wildman–Crippen MR) is 96.8 cm³/mol. The first-order valence-corrected chi connectivity index (χ1v) is 8.63. The lowest BCUT2D eigenvalue weighted by atomic mass is 10.1. The minimum absolute atomic E-state index is 0.00599. The molecule has 1 heterocycles. The van der Waals surface area contributed by atoms with Crippen molar-refractivity contribution in [2.75, 3.05) is 18.4 Å². The number of ether oxygens (including phenoxy) is 1. The van der Waals surface area contributed by atoms with Crippen molar-refractivity contribution in [2.24, 2.45) is 5.73 Å². The molecule has 2 amide bonds. The van der Waals surface area contributed by atoms with Crippen LogP contribution >= 0.6 is 0 Å². The second kappa shape index (κ2) is 8.07. The van der Waals surface area contributed by atoms with Crippen LogP contribution in [0.15, 0.2) is 48.5 Å². The van der Waals surface area contributed by atoms with E-state index in [9.17, 15) is 23.1 Å². The van der Waals surface area contributed by atoms with Crippen LogP contribution in [0.4, 0.5) is 23.7 Å². The van der Waals surface area contributed by atoms with Crippen LogP contribution in [-0.4, -0.2) is 41.3 Å². The fourth-order valence-electron chi connectivity index (χ4n) is 2.96. The molecular weight excluding hydrogens is 375 g/mol. The zero-order valence-electron chi connectivity index (χ0n) is 14.8. The number of halogens is 3. The molecule has 1 aliphatic heterocycles. The molecule has 9 heteroatoms. The van der Waals surface area contributed by atoms with Crippen molar-refractivity contribution in [3.8, 4) is 5.75 Å². The molecule has 0 aliphatic carbocycles. The standard InChI is InChI=1S/C19H20F3N3O3/c20-19(21,22)13-6-12(9-23)7-14(8-13)24-18(27)25-10-16(26)17(11-25)28-15-4-2-1-3-5-15/h1-8,16-17,26H,9-11,23H2,(H,24,27)/t16-,17-/m1/s1. The molecule has 2 aromatic carbocycles. The maximum absolute atomic E-state index is 13.0. The van der Waals surface area contributed by atoms with Crippen LogP contribution in [0.5, 0.6) is 5.75 Å². The minimum atomic E-state index is -4.55. The number of para-hydroxylation sites is 1. The van der Waals surface area contributed by atoms with E-state index in [0.717, 1.165) is 12.1 Å². The smallest absolute Gasteiger partial charge is 0.416 e. The second-order valence-electron chi connectivity index (χ2n) is 6.49. The molecule has 0 saturated carbocycles. The maximum atomic E-state index is 13.0. The largest absolute Gasteiger partial charge is 0.486 e. The highest BCUT2D eigenvalue weighted by molar-refractivity contribution is 5.89. The molecule has 2 atom stereocenters. The van der Waals surface area contributed by atoms with Gasteiger partial charge in [-0.2, -0.15) is 13.2 Å². The Hall–Kier alpha value is -2.78. The van der Waals surface area contributed by atoms with Crippen molar-refractivity contribution >= 4 is 11.7 Å². The van der Waals surface area contributed by atoms with Crippen molar-refractivity contribution in [1.29, 1.82) is 0 Å². The molecule has 0 spiro atoms. The molecule has 2 aromatic rings. The van der Waals surface area contributed by atoms with Crippen LogP contribution in [0.1, 0.15) is 11.1 Å². The normalized spacial score (nSPS) is 19.5. The first kappa shape index (κ1) is 20.0. The first-order valence-electron chi connectivity index (χ1n) is 8.63. The SMILES string of the molecule is NCc1cc(NC(=O)N2C[C@@H](O)[C@H](Oc3ccccc3)C2)cc(C(F)(F)F)c1. The number of rotatable bonds is 4. The zero-order chi connectivity index (χ0) is 20.3. The Morgan fingerprint density at radius 3 is 2.57 bits per heavy atom. The summed E-state index contributed by atoms with van der Waals surface area (Å²) >= 11 is 0. The number of carbonyl (C=O) groups is 1. The number of amides is 2. The topological polar surface area (TPSA) is 87.8 Å². The third-order valence-corrected chi connectivity index (χ3v) is 4.36. The molecular formula is C19H20F3N3O3. The number of nitrogens with one attached hydrogen (secondary N) is 1. The fraction of sp³-hybridized carbons (Fsp3) is 0.316. The van der Waals surface area contributed by atoms with E-state index in [1.807, 2.05) is 6.07 Å². The average Bonchev–Trinajstić information content (AvgIpc) is 3.02. The number of hydrogen-bond donors (Lipinski definition) is 3. The molecule has 6 nitrogen and oxygen atoms in total. The number of aliphatic hydroxyl groups is 1. The van der Waals surface area contributed by atoms with Crippen LogP contribution in [0, 0.1) is 0 Å². The van der Waals surface area contributed by atoms with E-state index in [1.165, 1.54) is 11.0 Å². The van der Waals surface area contributed by atoms with Gasteiger partial charge in [0.1, 0.15) is 18.0 Å². The van der Waals surface area contributed by atoms with E-state index < -0.39 is 30.0 Å². The number of benzene rings is 2. The number of likely N-dealkylation sites (tertiary alicyclic amines) is 1. The third-order valence-electron chi connectivity index (χ3n) is 4.36. The summed E-state index contributed by atoms with van der Waals surface area (Å²) in [4.78, 5) is 13.7. The third kappa shape index (κ3) is 4.73. The Kier molecular flexibility index (Phi) is 5.76. The van der Waals surface area contributed by atoms with Crippen LogP contribution < -0.4 is 15.8 Å². The summed E-state index contributed by atoms with van der Waals surface area (Å²) in [5, 5.41) is 12.6. The van der Waals surface area contributed by atoms with Crippen molar-refractivity contribution in [3.63, 3.8) is 0 Å². The quantitative estimate of drug-likeness (QED) is 0.743. The average molecular weight is 395 g/mol. The lowest BCUT2D eigenvalue weighted by molar-refractivity contribution is -0.137. The Morgan fingerprint density at radius 1 is 1.21 bits per heavy atom. The molecule has 0 bridgehead atoms. The van der Waals surface area contributed by atoms with Gasteiger partial charge in [-0.05, 0) is 35.9 Å². The van der Waals surface area contributed by atoms with Crippen molar-refractivity contribution < 1.29 is 27.8 Å². The van der Waals surface area contributed by atoms with E-state index in [-0.39, 0.29) is 30.9 Å². The van der Waals surface area contributed by atoms with E-state index in [2.05, 4.69) is 5.32 Å². The zero-order valence-corrected chi connectivity index (χ0v) is 14.8. The minimum Gasteiger partial charge on any atom is -0.486 e. The van der Waals surface area contributed by atoms with Gasteiger partial charge in [0.25, 0.3) is 0 Å². The van der Waals surface area contributed by atoms with Gasteiger partial charge in [-0.25, -0.2) is 4.79 Å². The summed E-state index contributed by atoms with van der Waals surface area (Å²) in [5.41, 5.74) is 4.80. The summed E-state index contributed by atoms with van der Waals surface area (Å²) in [6.45, 7) is 0.0127. The molecule has 0 aromatic heterocycles. The molecule has 150 valence electrons. The van der Waals surface area contributed by atoms with Crippen LogP contribution in [0.3, 0.4) is 0 Å². The predicted octanol–water partition coefficient (Wildman–Crippen LogP) is 2.82. The Bertz CT molecular complexity index is 830. The molecule has 0 radical (unpaired) electrons. The lowest BCUT2D eigenvalue weighted by Crippen LogP contribution is -2.34. The van der Waals surface area contributed by atoms with Crippen LogP contribution in [0.25, 0.3) is 0 Å². The summed E-state index contributed by atoms with van der Waals surface area (Å²) < 4.78 is 44.7. The number of hydrogen-bond acceptors (Lipinski definition) is 4. The number of nitrogens with zero attached hydrogens (tertiary/aromatic N) is 1. The number of urea groups is 1. The van der Waals surface area contributed by atoms with Gasteiger partial charge in [0.05, 0.1) is 18.7 Å². The number of carbonyl (C=O) groups excluding carboxylic acids is 1. The van der Waals surface area contributed by atoms with Crippen LogP contribution in [-0.2, 0) is 12.7 Å². The van der Waals surface area contributed by atoms with Crippen molar-refractivity contribution in [2.45, 2.75) is 24.9 Å².